The van der Waals surface area contributed by atoms with Gasteiger partial charge in [-0.15, -0.1) is 0 Å². The second kappa shape index (κ2) is 8.26. The Hall–Kier alpha value is -2.19. The molecule has 1 aromatic heterocycles. The maximum Gasteiger partial charge on any atom is 0.245 e. The van der Waals surface area contributed by atoms with E-state index >= 15 is 0 Å². The Morgan fingerprint density at radius 3 is 2.92 bits per heavy atom. The lowest BCUT2D eigenvalue weighted by Crippen LogP contribution is -2.39. The summed E-state index contributed by atoms with van der Waals surface area (Å²) in [5.74, 6) is 1.54. The van der Waals surface area contributed by atoms with Crippen LogP contribution in [0.5, 0.6) is 5.75 Å². The average molecular weight is 347 g/mol. The summed E-state index contributed by atoms with van der Waals surface area (Å²) in [6.45, 7) is 7.12. The van der Waals surface area contributed by atoms with Crippen molar-refractivity contribution in [3.8, 4) is 5.75 Å². The quantitative estimate of drug-likeness (QED) is 0.748. The van der Waals surface area contributed by atoms with Gasteiger partial charge in [-0.3, -0.25) is 0 Å². The van der Waals surface area contributed by atoms with Gasteiger partial charge in [0.1, 0.15) is 5.75 Å². The van der Waals surface area contributed by atoms with Gasteiger partial charge in [0.2, 0.25) is 5.95 Å². The molecule has 0 bridgehead atoms. The zero-order valence-corrected chi connectivity index (χ0v) is 15.0. The summed E-state index contributed by atoms with van der Waals surface area (Å²) in [4.78, 5) is 1.99. The molecule has 3 rings (SSSR count). The second-order valence-corrected chi connectivity index (χ2v) is 6.36. The minimum Gasteiger partial charge on any atom is -0.491 e. The first-order valence-corrected chi connectivity index (χ1v) is 8.54. The maximum absolute atomic E-state index is 5.88. The largest absolute Gasteiger partial charge is 0.491 e. The molecule has 0 radical (unpaired) electrons. The minimum absolute atomic E-state index is 0.0282. The van der Waals surface area contributed by atoms with Gasteiger partial charge >= 0.3 is 0 Å². The third-order valence-corrected chi connectivity index (χ3v) is 3.87. The van der Waals surface area contributed by atoms with Crippen molar-refractivity contribution >= 4 is 5.95 Å². The van der Waals surface area contributed by atoms with Crippen molar-refractivity contribution in [2.75, 3.05) is 38.3 Å². The molecule has 2 heterocycles. The van der Waals surface area contributed by atoms with Crippen LogP contribution in [0, 0.1) is 0 Å². The van der Waals surface area contributed by atoms with Crippen molar-refractivity contribution in [3.05, 3.63) is 29.8 Å². The van der Waals surface area contributed by atoms with Crippen molar-refractivity contribution in [1.82, 2.24) is 20.2 Å². The van der Waals surface area contributed by atoms with Crippen LogP contribution in [-0.2, 0) is 16.0 Å². The van der Waals surface area contributed by atoms with E-state index in [-0.39, 0.29) is 12.2 Å². The number of aromatic nitrogens is 4. The summed E-state index contributed by atoms with van der Waals surface area (Å²) in [7, 11) is 1.96. The predicted molar refractivity (Wildman–Crippen MR) is 93.0 cm³/mol. The maximum atomic E-state index is 5.88. The van der Waals surface area contributed by atoms with E-state index in [1.165, 1.54) is 0 Å². The van der Waals surface area contributed by atoms with Crippen molar-refractivity contribution < 1.29 is 14.2 Å². The van der Waals surface area contributed by atoms with Crippen LogP contribution in [0.2, 0.25) is 0 Å². The summed E-state index contributed by atoms with van der Waals surface area (Å²) >= 11 is 0. The first kappa shape index (κ1) is 17.6. The summed E-state index contributed by atoms with van der Waals surface area (Å²) < 4.78 is 18.8. The molecule has 1 unspecified atom stereocenters. The third kappa shape index (κ3) is 4.67. The molecule has 1 fully saturated rings. The normalized spacial score (nSPS) is 17.7. The fourth-order valence-corrected chi connectivity index (χ4v) is 2.77. The lowest BCUT2D eigenvalue weighted by atomic mass is 10.2. The van der Waals surface area contributed by atoms with Crippen LogP contribution in [0.4, 0.5) is 5.95 Å². The van der Waals surface area contributed by atoms with Gasteiger partial charge in [-0.05, 0) is 30.3 Å². The van der Waals surface area contributed by atoms with Gasteiger partial charge in [-0.25, -0.2) is 4.68 Å². The Bertz CT molecular complexity index is 670. The lowest BCUT2D eigenvalue weighted by molar-refractivity contribution is -0.0838. The molecular weight excluding hydrogens is 322 g/mol. The molecule has 0 spiro atoms. The molecular formula is C17H25N5O3. The van der Waals surface area contributed by atoms with Gasteiger partial charge in [0.25, 0.3) is 0 Å². The van der Waals surface area contributed by atoms with Crippen LogP contribution in [0.15, 0.2) is 24.3 Å². The molecule has 25 heavy (non-hydrogen) atoms. The van der Waals surface area contributed by atoms with Gasteiger partial charge in [0.15, 0.2) is 0 Å². The van der Waals surface area contributed by atoms with Crippen LogP contribution in [0.1, 0.15) is 19.4 Å². The van der Waals surface area contributed by atoms with Crippen LogP contribution >= 0.6 is 0 Å². The van der Waals surface area contributed by atoms with Crippen molar-refractivity contribution in [1.29, 1.82) is 0 Å². The number of nitrogens with zero attached hydrogens (tertiary/aromatic N) is 5. The highest BCUT2D eigenvalue weighted by atomic mass is 16.6. The predicted octanol–water partition coefficient (Wildman–Crippen LogP) is 1.36. The van der Waals surface area contributed by atoms with Crippen LogP contribution in [0.25, 0.3) is 0 Å². The lowest BCUT2D eigenvalue weighted by Gasteiger charge is -2.27. The van der Waals surface area contributed by atoms with Crippen LogP contribution < -0.4 is 9.64 Å². The molecule has 8 nitrogen and oxygen atoms in total. The number of hydrogen-bond donors (Lipinski definition) is 0. The molecule has 8 heteroatoms. The Labute approximate surface area is 147 Å². The van der Waals surface area contributed by atoms with E-state index in [9.17, 15) is 0 Å². The second-order valence-electron chi connectivity index (χ2n) is 6.36. The zero-order valence-electron chi connectivity index (χ0n) is 15.0. The monoisotopic (exact) mass is 347 g/mol. The number of para-hydroxylation sites is 1. The molecule has 0 amide bonds. The van der Waals surface area contributed by atoms with Gasteiger partial charge in [-0.2, -0.15) is 0 Å². The van der Waals surface area contributed by atoms with Crippen LogP contribution in [-0.4, -0.2) is 65.8 Å². The van der Waals surface area contributed by atoms with Crippen molar-refractivity contribution in [2.45, 2.75) is 32.6 Å². The molecule has 1 aliphatic heterocycles. The first-order chi connectivity index (χ1) is 12.1. The molecule has 1 aromatic carbocycles. The summed E-state index contributed by atoms with van der Waals surface area (Å²) in [5.41, 5.74) is 1.04. The van der Waals surface area contributed by atoms with E-state index in [1.807, 2.05) is 50.1 Å². The van der Waals surface area contributed by atoms with Crippen molar-refractivity contribution in [2.24, 2.45) is 0 Å². The number of likely N-dealkylation sites (N-methyl/N-ethyl adjacent to an activating group) is 1. The SMILES string of the molecule is CC(C)Oc1ccccc1Cn1nnnc1N(C)CC1COCCO1. The minimum atomic E-state index is 0.0282. The summed E-state index contributed by atoms with van der Waals surface area (Å²) in [5, 5.41) is 12.1. The van der Waals surface area contributed by atoms with E-state index in [1.54, 1.807) is 4.68 Å². The first-order valence-electron chi connectivity index (χ1n) is 8.54. The standard InChI is InChI=1S/C17H25N5O3/c1-13(2)25-16-7-5-4-6-14(16)10-22-17(18-19-20-22)21(3)11-15-12-23-8-9-24-15/h4-7,13,15H,8-12H2,1-3H3. The van der Waals surface area contributed by atoms with E-state index in [2.05, 4.69) is 15.5 Å². The molecule has 0 N–H and O–H groups in total. The Morgan fingerprint density at radius 1 is 1.32 bits per heavy atom. The highest BCUT2D eigenvalue weighted by molar-refractivity contribution is 5.35. The zero-order chi connectivity index (χ0) is 17.6. The molecule has 2 aromatic rings. The number of ether oxygens (including phenoxy) is 3. The highest BCUT2D eigenvalue weighted by Crippen LogP contribution is 2.21. The summed E-state index contributed by atoms with van der Waals surface area (Å²) in [6, 6.07) is 7.95. The van der Waals surface area contributed by atoms with E-state index in [0.29, 0.717) is 38.9 Å². The number of benzene rings is 1. The fourth-order valence-electron chi connectivity index (χ4n) is 2.77. The molecule has 136 valence electrons. The molecule has 0 aliphatic carbocycles. The van der Waals surface area contributed by atoms with E-state index < -0.39 is 0 Å². The molecule has 1 saturated heterocycles. The van der Waals surface area contributed by atoms with Gasteiger partial charge in [0, 0.05) is 19.2 Å². The molecule has 0 saturated carbocycles. The number of tetrazole rings is 1. The molecule has 1 aliphatic rings. The number of hydrogen-bond acceptors (Lipinski definition) is 7. The Balaban J connectivity index is 1.71. The van der Waals surface area contributed by atoms with E-state index in [4.69, 9.17) is 14.2 Å². The third-order valence-electron chi connectivity index (χ3n) is 3.87. The highest BCUT2D eigenvalue weighted by Gasteiger charge is 2.20. The van der Waals surface area contributed by atoms with E-state index in [0.717, 1.165) is 11.3 Å². The Morgan fingerprint density at radius 2 is 2.16 bits per heavy atom. The van der Waals surface area contributed by atoms with Gasteiger partial charge in [0.05, 0.1) is 38.6 Å². The number of rotatable bonds is 7. The Kier molecular flexibility index (Phi) is 5.83. The molecule has 1 atom stereocenters. The fraction of sp³-hybridized carbons (Fsp3) is 0.588. The summed E-state index contributed by atoms with van der Waals surface area (Å²) in [6.07, 6.45) is 0.140. The van der Waals surface area contributed by atoms with Crippen LogP contribution in [0.3, 0.4) is 0 Å². The van der Waals surface area contributed by atoms with Gasteiger partial charge in [-0.1, -0.05) is 23.3 Å². The smallest absolute Gasteiger partial charge is 0.245 e. The number of anilines is 1. The van der Waals surface area contributed by atoms with Gasteiger partial charge < -0.3 is 19.1 Å². The average Bonchev–Trinajstić information content (AvgIpc) is 3.05. The van der Waals surface area contributed by atoms with Crippen molar-refractivity contribution in [3.63, 3.8) is 0 Å². The topological polar surface area (TPSA) is 74.5 Å².